The zero-order valence-electron chi connectivity index (χ0n) is 14.4. The van der Waals surface area contributed by atoms with Crippen LogP contribution in [0.3, 0.4) is 0 Å². The van der Waals surface area contributed by atoms with Crippen LogP contribution < -0.4 is 15.4 Å². The molecule has 0 saturated carbocycles. The maximum Gasteiger partial charge on any atom is 0.407 e. The Balaban J connectivity index is 1.44. The molecule has 3 aliphatic heterocycles. The first-order valence-electron chi connectivity index (χ1n) is 8.86. The molecule has 0 spiro atoms. The van der Waals surface area contributed by atoms with Crippen LogP contribution in [0.4, 0.5) is 10.5 Å². The molecule has 138 valence electrons. The van der Waals surface area contributed by atoms with Crippen molar-refractivity contribution < 1.29 is 24.2 Å². The van der Waals surface area contributed by atoms with E-state index in [2.05, 4.69) is 10.6 Å². The van der Waals surface area contributed by atoms with E-state index >= 15 is 0 Å². The molecule has 1 aromatic carbocycles. The van der Waals surface area contributed by atoms with E-state index in [0.29, 0.717) is 29.8 Å². The molecule has 8 heteroatoms. The highest BCUT2D eigenvalue weighted by Crippen LogP contribution is 2.36. The van der Waals surface area contributed by atoms with E-state index in [9.17, 15) is 19.5 Å². The fourth-order valence-corrected chi connectivity index (χ4v) is 4.23. The van der Waals surface area contributed by atoms with Gasteiger partial charge in [0.15, 0.2) is 6.10 Å². The van der Waals surface area contributed by atoms with Crippen LogP contribution in [0, 0.1) is 0 Å². The van der Waals surface area contributed by atoms with Gasteiger partial charge in [0.1, 0.15) is 5.75 Å². The van der Waals surface area contributed by atoms with Gasteiger partial charge in [0.05, 0.1) is 5.69 Å². The summed E-state index contributed by atoms with van der Waals surface area (Å²) >= 11 is 0. The molecule has 0 aliphatic carbocycles. The number of carbonyl (C=O) groups is 3. The summed E-state index contributed by atoms with van der Waals surface area (Å²) in [6.45, 7) is 1.66. The number of carbonyl (C=O) groups excluding carboxylic acids is 2. The van der Waals surface area contributed by atoms with E-state index in [0.717, 1.165) is 12.8 Å². The molecule has 2 bridgehead atoms. The van der Waals surface area contributed by atoms with Crippen molar-refractivity contribution in [1.82, 2.24) is 10.2 Å². The van der Waals surface area contributed by atoms with Crippen molar-refractivity contribution in [2.45, 2.75) is 56.8 Å². The zero-order chi connectivity index (χ0) is 18.4. The van der Waals surface area contributed by atoms with Gasteiger partial charge in [-0.1, -0.05) is 0 Å². The van der Waals surface area contributed by atoms with Gasteiger partial charge in [-0.25, -0.2) is 4.79 Å². The van der Waals surface area contributed by atoms with Gasteiger partial charge in [-0.3, -0.25) is 9.59 Å². The molecule has 1 unspecified atom stereocenters. The van der Waals surface area contributed by atoms with Crippen LogP contribution >= 0.6 is 0 Å². The summed E-state index contributed by atoms with van der Waals surface area (Å²) in [7, 11) is 0. The Hall–Kier alpha value is -2.77. The lowest BCUT2D eigenvalue weighted by Crippen LogP contribution is -2.52. The normalized spacial score (nSPS) is 29.4. The number of amides is 3. The van der Waals surface area contributed by atoms with Gasteiger partial charge in [-0.05, 0) is 50.8 Å². The molecule has 8 nitrogen and oxygen atoms in total. The predicted octanol–water partition coefficient (Wildman–Crippen LogP) is 1.81. The highest BCUT2D eigenvalue weighted by molar-refractivity contribution is 6.01. The number of fused-ring (bicyclic) bond motifs is 3. The molecule has 4 rings (SSSR count). The van der Waals surface area contributed by atoms with Crippen molar-refractivity contribution in [3.8, 4) is 5.75 Å². The summed E-state index contributed by atoms with van der Waals surface area (Å²) in [5, 5.41) is 15.1. The lowest BCUT2D eigenvalue weighted by atomic mass is 9.97. The maximum absolute atomic E-state index is 12.6. The fourth-order valence-electron chi connectivity index (χ4n) is 4.23. The second kappa shape index (κ2) is 6.19. The summed E-state index contributed by atoms with van der Waals surface area (Å²) in [6, 6.07) is 4.87. The van der Waals surface area contributed by atoms with E-state index in [4.69, 9.17) is 4.74 Å². The first kappa shape index (κ1) is 16.7. The molecule has 3 amide bonds. The van der Waals surface area contributed by atoms with E-state index in [1.807, 2.05) is 0 Å². The molecular formula is C18H21N3O5. The van der Waals surface area contributed by atoms with Gasteiger partial charge in [0, 0.05) is 23.7 Å². The van der Waals surface area contributed by atoms with E-state index in [1.54, 1.807) is 25.1 Å². The minimum atomic E-state index is -0.873. The molecule has 2 saturated heterocycles. The molecule has 3 N–H and O–H groups in total. The highest BCUT2D eigenvalue weighted by Gasteiger charge is 2.43. The summed E-state index contributed by atoms with van der Waals surface area (Å²) in [5.41, 5.74) is 0.928. The van der Waals surface area contributed by atoms with E-state index in [1.165, 1.54) is 4.90 Å². The Morgan fingerprint density at radius 2 is 1.96 bits per heavy atom. The van der Waals surface area contributed by atoms with Crippen LogP contribution in [-0.2, 0) is 4.79 Å². The van der Waals surface area contributed by atoms with E-state index in [-0.39, 0.29) is 29.9 Å². The van der Waals surface area contributed by atoms with Crippen molar-refractivity contribution in [3.05, 3.63) is 23.8 Å². The number of hydrogen-bond donors (Lipinski definition) is 3. The van der Waals surface area contributed by atoms with Crippen molar-refractivity contribution in [2.24, 2.45) is 0 Å². The van der Waals surface area contributed by atoms with Crippen molar-refractivity contribution >= 4 is 23.6 Å². The third-order valence-electron chi connectivity index (χ3n) is 5.46. The molecular weight excluding hydrogens is 338 g/mol. The largest absolute Gasteiger partial charge is 0.479 e. The van der Waals surface area contributed by atoms with Crippen LogP contribution in [0.5, 0.6) is 5.75 Å². The SMILES string of the molecule is CC1Oc2ccc(C(=O)N[C@@H]3C[C@H]4CC[C@@H](C3)N4C(=O)O)cc2NC1=O. The predicted molar refractivity (Wildman–Crippen MR) is 92.3 cm³/mol. The van der Waals surface area contributed by atoms with Crippen molar-refractivity contribution in [3.63, 3.8) is 0 Å². The summed E-state index contributed by atoms with van der Waals surface area (Å²) in [6.07, 6.45) is 1.54. The highest BCUT2D eigenvalue weighted by atomic mass is 16.5. The lowest BCUT2D eigenvalue weighted by Gasteiger charge is -2.37. The maximum atomic E-state index is 12.6. The molecule has 0 aromatic heterocycles. The average molecular weight is 359 g/mol. The molecule has 3 heterocycles. The van der Waals surface area contributed by atoms with Gasteiger partial charge < -0.3 is 25.4 Å². The number of rotatable bonds is 2. The number of benzene rings is 1. The number of nitrogens with zero attached hydrogens (tertiary/aromatic N) is 1. The standard InChI is InChI=1S/C18H21N3O5/c1-9-16(22)20-14-6-10(2-5-15(14)26-9)17(23)19-11-7-12-3-4-13(8-11)21(12)18(24)25/h2,5-6,9,11-13H,3-4,7-8H2,1H3,(H,19,23)(H,20,22)(H,24,25)/t9?,11-,12-,13+. The summed E-state index contributed by atoms with van der Waals surface area (Å²) in [5.74, 6) is 0.0722. The lowest BCUT2D eigenvalue weighted by molar-refractivity contribution is -0.122. The Morgan fingerprint density at radius 3 is 2.62 bits per heavy atom. The van der Waals surface area contributed by atoms with Gasteiger partial charge in [-0.2, -0.15) is 0 Å². The molecule has 3 aliphatic rings. The minimum absolute atomic E-state index is 0.0192. The summed E-state index contributed by atoms with van der Waals surface area (Å²) in [4.78, 5) is 37.2. The van der Waals surface area contributed by atoms with E-state index < -0.39 is 12.2 Å². The minimum Gasteiger partial charge on any atom is -0.479 e. The number of ether oxygens (including phenoxy) is 1. The third kappa shape index (κ3) is 2.85. The van der Waals surface area contributed by atoms with Crippen LogP contribution in [-0.4, -0.2) is 52.1 Å². The molecule has 2 fully saturated rings. The van der Waals surface area contributed by atoms with Crippen LogP contribution in [0.15, 0.2) is 18.2 Å². The van der Waals surface area contributed by atoms with Gasteiger partial charge in [-0.15, -0.1) is 0 Å². The Kier molecular flexibility index (Phi) is 3.97. The van der Waals surface area contributed by atoms with Crippen LogP contribution in [0.1, 0.15) is 43.0 Å². The molecule has 26 heavy (non-hydrogen) atoms. The monoisotopic (exact) mass is 359 g/mol. The first-order valence-corrected chi connectivity index (χ1v) is 8.86. The second-order valence-corrected chi connectivity index (χ2v) is 7.18. The van der Waals surface area contributed by atoms with Crippen molar-refractivity contribution in [2.75, 3.05) is 5.32 Å². The van der Waals surface area contributed by atoms with Crippen molar-refractivity contribution in [1.29, 1.82) is 0 Å². The Labute approximate surface area is 150 Å². The number of piperidine rings is 1. The Morgan fingerprint density at radius 1 is 1.27 bits per heavy atom. The smallest absolute Gasteiger partial charge is 0.407 e. The number of carboxylic acid groups (broad SMARTS) is 1. The molecule has 0 radical (unpaired) electrons. The number of hydrogen-bond acceptors (Lipinski definition) is 4. The topological polar surface area (TPSA) is 108 Å². The summed E-state index contributed by atoms with van der Waals surface area (Å²) < 4.78 is 5.49. The second-order valence-electron chi connectivity index (χ2n) is 7.18. The van der Waals surface area contributed by atoms with Crippen LogP contribution in [0.25, 0.3) is 0 Å². The van der Waals surface area contributed by atoms with Gasteiger partial charge >= 0.3 is 6.09 Å². The number of nitrogens with one attached hydrogen (secondary N) is 2. The fraction of sp³-hybridized carbons (Fsp3) is 0.500. The average Bonchev–Trinajstić information content (AvgIpc) is 2.87. The third-order valence-corrected chi connectivity index (χ3v) is 5.46. The first-order chi connectivity index (χ1) is 12.4. The number of anilines is 1. The van der Waals surface area contributed by atoms with Crippen LogP contribution in [0.2, 0.25) is 0 Å². The molecule has 1 aromatic rings. The molecule has 4 atom stereocenters. The van der Waals surface area contributed by atoms with Gasteiger partial charge in [0.2, 0.25) is 0 Å². The Bertz CT molecular complexity index is 766. The van der Waals surface area contributed by atoms with Gasteiger partial charge in [0.25, 0.3) is 11.8 Å². The zero-order valence-corrected chi connectivity index (χ0v) is 14.4. The quantitative estimate of drug-likeness (QED) is 0.746.